The van der Waals surface area contributed by atoms with E-state index in [2.05, 4.69) is 13.8 Å². The van der Waals surface area contributed by atoms with Crippen molar-refractivity contribution < 1.29 is 4.79 Å². The van der Waals surface area contributed by atoms with Crippen LogP contribution in [0.25, 0.3) is 0 Å². The number of ketones is 1. The number of carbonyl (C=O) groups excluding carboxylic acids is 1. The second-order valence-corrected chi connectivity index (χ2v) is 5.07. The van der Waals surface area contributed by atoms with Crippen LogP contribution in [0.1, 0.15) is 26.7 Å². The molecule has 3 fully saturated rings. The molecule has 0 aliphatic heterocycles. The lowest BCUT2D eigenvalue weighted by Crippen LogP contribution is -2.15. The molecule has 3 aliphatic rings. The van der Waals surface area contributed by atoms with E-state index in [0.717, 1.165) is 11.8 Å². The Balaban J connectivity index is 2.03. The lowest BCUT2D eigenvalue weighted by atomic mass is 9.93. The van der Waals surface area contributed by atoms with Gasteiger partial charge in [0.15, 0.2) is 0 Å². The third-order valence-corrected chi connectivity index (χ3v) is 4.38. The number of rotatable bonds is 0. The molecule has 2 bridgehead atoms. The summed E-state index contributed by atoms with van der Waals surface area (Å²) in [6.45, 7) is 4.67. The van der Waals surface area contributed by atoms with Gasteiger partial charge in [0, 0.05) is 11.8 Å². The molecule has 0 heterocycles. The van der Waals surface area contributed by atoms with Gasteiger partial charge in [-0.2, -0.15) is 0 Å². The molecule has 0 N–H and O–H groups in total. The van der Waals surface area contributed by atoms with Gasteiger partial charge >= 0.3 is 0 Å². The van der Waals surface area contributed by atoms with Gasteiger partial charge in [-0.25, -0.2) is 0 Å². The molecule has 3 rings (SSSR count). The van der Waals surface area contributed by atoms with Gasteiger partial charge in [-0.15, -0.1) is 0 Å². The molecule has 1 nitrogen and oxygen atoms in total. The minimum atomic E-state index is 0.486. The molecule has 0 aromatic rings. The molecule has 0 spiro atoms. The zero-order valence-corrected chi connectivity index (χ0v) is 7.13. The third kappa shape index (κ3) is 0.473. The number of hydrogen-bond acceptors (Lipinski definition) is 1. The van der Waals surface area contributed by atoms with E-state index in [0.29, 0.717) is 23.0 Å². The highest BCUT2D eigenvalue weighted by atomic mass is 16.1. The second-order valence-electron chi connectivity index (χ2n) is 5.07. The average Bonchev–Trinajstić information content (AvgIpc) is 2.31. The molecule has 0 unspecified atom stereocenters. The average molecular weight is 150 g/mol. The molecule has 1 heteroatoms. The van der Waals surface area contributed by atoms with Crippen molar-refractivity contribution in [3.8, 4) is 0 Å². The van der Waals surface area contributed by atoms with Crippen molar-refractivity contribution in [1.29, 1.82) is 0 Å². The first kappa shape index (κ1) is 6.22. The van der Waals surface area contributed by atoms with E-state index >= 15 is 0 Å². The molecular weight excluding hydrogens is 136 g/mol. The molecule has 0 aromatic heterocycles. The van der Waals surface area contributed by atoms with Crippen molar-refractivity contribution in [2.45, 2.75) is 26.7 Å². The van der Waals surface area contributed by atoms with Gasteiger partial charge in [-0.3, -0.25) is 4.79 Å². The third-order valence-electron chi connectivity index (χ3n) is 4.38. The Morgan fingerprint density at radius 3 is 2.00 bits per heavy atom. The first-order valence-electron chi connectivity index (χ1n) is 4.68. The van der Waals surface area contributed by atoms with E-state index in [4.69, 9.17) is 0 Å². The molecule has 3 aliphatic carbocycles. The fourth-order valence-electron chi connectivity index (χ4n) is 3.89. The lowest BCUT2D eigenvalue weighted by molar-refractivity contribution is -0.123. The zero-order chi connectivity index (χ0) is 7.80. The van der Waals surface area contributed by atoms with Gasteiger partial charge in [-0.1, -0.05) is 13.8 Å². The highest BCUT2D eigenvalue weighted by Crippen LogP contribution is 2.74. The number of hydrogen-bond donors (Lipinski definition) is 0. The number of Topliss-reactive ketones (excluding diaryl/α,β-unsaturated/α-hetero) is 1. The standard InChI is InChI=1S/C10H14O/c1-10(2)7-5-3-4-6(8(7)10)9(5)11/h5-8H,3-4H2,1-2H3/t5-,6+,7-,8+. The topological polar surface area (TPSA) is 17.1 Å². The smallest absolute Gasteiger partial charge is 0.139 e. The number of fused-ring (bicyclic) bond motifs is 5. The fourth-order valence-corrected chi connectivity index (χ4v) is 3.89. The van der Waals surface area contributed by atoms with Crippen LogP contribution in [-0.2, 0) is 4.79 Å². The highest BCUT2D eigenvalue weighted by Gasteiger charge is 2.73. The lowest BCUT2D eigenvalue weighted by Gasteiger charge is -2.11. The second kappa shape index (κ2) is 1.41. The van der Waals surface area contributed by atoms with Crippen molar-refractivity contribution in [2.24, 2.45) is 29.1 Å². The Bertz CT molecular complexity index is 219. The summed E-state index contributed by atoms with van der Waals surface area (Å²) < 4.78 is 0. The van der Waals surface area contributed by atoms with Crippen LogP contribution in [0.2, 0.25) is 0 Å². The van der Waals surface area contributed by atoms with Crippen molar-refractivity contribution in [3.05, 3.63) is 0 Å². The van der Waals surface area contributed by atoms with Crippen molar-refractivity contribution in [2.75, 3.05) is 0 Å². The molecule has 11 heavy (non-hydrogen) atoms. The van der Waals surface area contributed by atoms with E-state index in [1.807, 2.05) is 0 Å². The molecule has 0 saturated heterocycles. The van der Waals surface area contributed by atoms with E-state index in [-0.39, 0.29) is 0 Å². The molecule has 0 amide bonds. The molecular formula is C10H14O. The Morgan fingerprint density at radius 2 is 1.64 bits per heavy atom. The fraction of sp³-hybridized carbons (Fsp3) is 0.900. The normalized spacial score (nSPS) is 56.4. The van der Waals surface area contributed by atoms with Crippen LogP contribution in [0.15, 0.2) is 0 Å². The van der Waals surface area contributed by atoms with Gasteiger partial charge in [0.2, 0.25) is 0 Å². The van der Waals surface area contributed by atoms with Crippen LogP contribution in [-0.4, -0.2) is 5.78 Å². The first-order chi connectivity index (χ1) is 5.14. The van der Waals surface area contributed by atoms with Gasteiger partial charge < -0.3 is 0 Å². The maximum Gasteiger partial charge on any atom is 0.139 e. The molecule has 0 radical (unpaired) electrons. The molecule has 3 saturated carbocycles. The summed E-state index contributed by atoms with van der Waals surface area (Å²) in [6, 6.07) is 0. The van der Waals surface area contributed by atoms with Crippen LogP contribution in [0.3, 0.4) is 0 Å². The number of carbonyl (C=O) groups is 1. The SMILES string of the molecule is CC1(C)[C@@H]2[C@H]1[C@H]1CC[C@@H]2C1=O. The largest absolute Gasteiger partial charge is 0.299 e. The van der Waals surface area contributed by atoms with Crippen LogP contribution < -0.4 is 0 Å². The van der Waals surface area contributed by atoms with Gasteiger partial charge in [0.05, 0.1) is 0 Å². The van der Waals surface area contributed by atoms with Crippen LogP contribution >= 0.6 is 0 Å². The van der Waals surface area contributed by atoms with Gasteiger partial charge in [0.25, 0.3) is 0 Å². The summed E-state index contributed by atoms with van der Waals surface area (Å²) in [5.41, 5.74) is 0.528. The van der Waals surface area contributed by atoms with Crippen molar-refractivity contribution >= 4 is 5.78 Å². The van der Waals surface area contributed by atoms with Gasteiger partial charge in [0.1, 0.15) is 5.78 Å². The minimum Gasteiger partial charge on any atom is -0.299 e. The van der Waals surface area contributed by atoms with Crippen LogP contribution in [0.4, 0.5) is 0 Å². The summed E-state index contributed by atoms with van der Waals surface area (Å²) in [5, 5.41) is 0. The summed E-state index contributed by atoms with van der Waals surface area (Å²) in [4.78, 5) is 11.5. The molecule has 4 atom stereocenters. The Morgan fingerprint density at radius 1 is 1.18 bits per heavy atom. The van der Waals surface area contributed by atoms with Gasteiger partial charge in [-0.05, 0) is 30.1 Å². The Labute approximate surface area is 67.2 Å². The van der Waals surface area contributed by atoms with E-state index in [1.165, 1.54) is 12.8 Å². The summed E-state index contributed by atoms with van der Waals surface area (Å²) in [7, 11) is 0. The first-order valence-corrected chi connectivity index (χ1v) is 4.68. The predicted octanol–water partition coefficient (Wildman–Crippen LogP) is 1.87. The van der Waals surface area contributed by atoms with E-state index in [1.54, 1.807) is 0 Å². The highest BCUT2D eigenvalue weighted by molar-refractivity contribution is 5.90. The molecule has 0 aromatic carbocycles. The monoisotopic (exact) mass is 150 g/mol. The van der Waals surface area contributed by atoms with Crippen LogP contribution in [0, 0.1) is 29.1 Å². The molecule has 60 valence electrons. The summed E-state index contributed by atoms with van der Waals surface area (Å²) >= 11 is 0. The minimum absolute atomic E-state index is 0.486. The summed E-state index contributed by atoms with van der Waals surface area (Å²) in [5.74, 6) is 3.15. The van der Waals surface area contributed by atoms with E-state index in [9.17, 15) is 4.79 Å². The summed E-state index contributed by atoms with van der Waals surface area (Å²) in [6.07, 6.45) is 2.40. The van der Waals surface area contributed by atoms with E-state index < -0.39 is 0 Å². The quantitative estimate of drug-likeness (QED) is 0.515. The van der Waals surface area contributed by atoms with Crippen molar-refractivity contribution in [1.82, 2.24) is 0 Å². The zero-order valence-electron chi connectivity index (χ0n) is 7.13. The van der Waals surface area contributed by atoms with Crippen LogP contribution in [0.5, 0.6) is 0 Å². The maximum atomic E-state index is 11.5. The Kier molecular flexibility index (Phi) is 0.799. The van der Waals surface area contributed by atoms with Crippen molar-refractivity contribution in [3.63, 3.8) is 0 Å². The predicted molar refractivity (Wildman–Crippen MR) is 42.0 cm³/mol. The Hall–Kier alpha value is -0.330. The maximum absolute atomic E-state index is 11.5.